The lowest BCUT2D eigenvalue weighted by Gasteiger charge is -2.18. The molecular weight excluding hydrogens is 428 g/mol. The van der Waals surface area contributed by atoms with E-state index >= 15 is 0 Å². The van der Waals surface area contributed by atoms with E-state index in [2.05, 4.69) is 21.7 Å². The molecule has 3 aromatic rings. The van der Waals surface area contributed by atoms with Crippen molar-refractivity contribution >= 4 is 23.5 Å². The second-order valence-electron chi connectivity index (χ2n) is 8.63. The lowest BCUT2D eigenvalue weighted by Crippen LogP contribution is -2.36. The van der Waals surface area contributed by atoms with Gasteiger partial charge in [-0.25, -0.2) is 4.98 Å². The lowest BCUT2D eigenvalue weighted by atomic mass is 9.95. The molecule has 8 heteroatoms. The van der Waals surface area contributed by atoms with Gasteiger partial charge in [-0.1, -0.05) is 24.3 Å². The van der Waals surface area contributed by atoms with Gasteiger partial charge in [0, 0.05) is 17.6 Å². The zero-order valence-corrected chi connectivity index (χ0v) is 19.5. The van der Waals surface area contributed by atoms with Gasteiger partial charge in [0.05, 0.1) is 18.7 Å². The van der Waals surface area contributed by atoms with Crippen LogP contribution in [0, 0.1) is 18.3 Å². The van der Waals surface area contributed by atoms with E-state index in [0.29, 0.717) is 17.2 Å². The highest BCUT2D eigenvalue weighted by Crippen LogP contribution is 2.35. The van der Waals surface area contributed by atoms with Crippen molar-refractivity contribution in [3.8, 4) is 11.8 Å². The Labute approximate surface area is 199 Å². The van der Waals surface area contributed by atoms with Gasteiger partial charge in [-0.15, -0.1) is 0 Å². The highest BCUT2D eigenvalue weighted by atomic mass is 16.2. The van der Waals surface area contributed by atoms with Gasteiger partial charge in [0.1, 0.15) is 17.7 Å². The average molecular weight is 457 g/mol. The van der Waals surface area contributed by atoms with E-state index in [4.69, 9.17) is 0 Å². The fourth-order valence-corrected chi connectivity index (χ4v) is 4.34. The molecular formula is C26H28N6O2. The number of hydrogen-bond donors (Lipinski definition) is 2. The fraction of sp³-hybridized carbons (Fsp3) is 0.308. The molecule has 0 radical (unpaired) electrons. The Hall–Kier alpha value is -3.96. The predicted octanol–water partition coefficient (Wildman–Crippen LogP) is 3.44. The summed E-state index contributed by atoms with van der Waals surface area (Å²) in [5, 5.41) is 15.6. The van der Waals surface area contributed by atoms with Crippen molar-refractivity contribution in [2.45, 2.75) is 32.6 Å². The van der Waals surface area contributed by atoms with Gasteiger partial charge in [-0.2, -0.15) is 5.26 Å². The molecule has 1 aromatic carbocycles. The van der Waals surface area contributed by atoms with E-state index in [1.54, 1.807) is 24.2 Å². The summed E-state index contributed by atoms with van der Waals surface area (Å²) in [5.41, 5.74) is 4.55. The van der Waals surface area contributed by atoms with Gasteiger partial charge in [0.15, 0.2) is 0 Å². The molecule has 1 aliphatic carbocycles. The number of aryl methyl sites for hydroxylation is 1. The van der Waals surface area contributed by atoms with Crippen LogP contribution in [0.15, 0.2) is 48.7 Å². The van der Waals surface area contributed by atoms with Crippen LogP contribution >= 0.6 is 0 Å². The largest absolute Gasteiger partial charge is 0.310 e. The Morgan fingerprint density at radius 3 is 2.44 bits per heavy atom. The highest BCUT2D eigenvalue weighted by Gasteiger charge is 2.27. The maximum absolute atomic E-state index is 12.9. The summed E-state index contributed by atoms with van der Waals surface area (Å²) >= 11 is 0. The maximum Gasteiger partial charge on any atom is 0.239 e. The molecule has 0 atom stereocenters. The van der Waals surface area contributed by atoms with Crippen molar-refractivity contribution in [1.82, 2.24) is 14.5 Å². The highest BCUT2D eigenvalue weighted by molar-refractivity contribution is 5.95. The van der Waals surface area contributed by atoms with Crippen LogP contribution in [0.2, 0.25) is 0 Å². The normalized spacial score (nSPS) is 12.6. The van der Waals surface area contributed by atoms with Crippen LogP contribution in [0.4, 0.5) is 11.6 Å². The molecule has 2 N–H and O–H groups in total. The van der Waals surface area contributed by atoms with Crippen molar-refractivity contribution < 1.29 is 9.59 Å². The number of pyridine rings is 1. The molecule has 4 rings (SSSR count). The molecule has 34 heavy (non-hydrogen) atoms. The quantitative estimate of drug-likeness (QED) is 0.567. The van der Waals surface area contributed by atoms with Gasteiger partial charge in [0.2, 0.25) is 11.8 Å². The molecule has 0 unspecified atom stereocenters. The van der Waals surface area contributed by atoms with Crippen molar-refractivity contribution in [3.05, 3.63) is 71.0 Å². The minimum atomic E-state index is -0.285. The van der Waals surface area contributed by atoms with E-state index in [-0.39, 0.29) is 24.9 Å². The number of nitriles is 1. The number of benzene rings is 1. The summed E-state index contributed by atoms with van der Waals surface area (Å²) in [7, 11) is 1.70. The zero-order chi connectivity index (χ0) is 24.1. The van der Waals surface area contributed by atoms with Crippen molar-refractivity contribution in [1.29, 1.82) is 5.26 Å². The number of anilines is 2. The standard InChI is InChI=1S/C26H28N6O2/c1-18-12-13-23(28-15-18)29-24(33)16-31(2)17-25(34)30-26-21(14-27)20-10-6-7-11-22(20)32(26)19-8-4-3-5-9-19/h3-5,8-9,12-13,15H,6-7,10-11,16-17H2,1-2H3,(H,30,34)(H,28,29,33). The Balaban J connectivity index is 1.48. The summed E-state index contributed by atoms with van der Waals surface area (Å²) in [5.74, 6) is 0.436. The Morgan fingerprint density at radius 2 is 1.76 bits per heavy atom. The number of carbonyl (C=O) groups excluding carboxylic acids is 2. The molecule has 8 nitrogen and oxygen atoms in total. The smallest absolute Gasteiger partial charge is 0.239 e. The number of fused-ring (bicyclic) bond motifs is 1. The number of likely N-dealkylation sites (N-methyl/N-ethyl adjacent to an activating group) is 1. The van der Waals surface area contributed by atoms with Crippen LogP contribution in [0.1, 0.15) is 35.2 Å². The summed E-state index contributed by atoms with van der Waals surface area (Å²) in [6.45, 7) is 1.96. The summed E-state index contributed by atoms with van der Waals surface area (Å²) in [4.78, 5) is 31.1. The molecule has 0 spiro atoms. The average Bonchev–Trinajstić information content (AvgIpc) is 3.13. The first-order valence-electron chi connectivity index (χ1n) is 11.4. The summed E-state index contributed by atoms with van der Waals surface area (Å²) in [6, 6.07) is 15.7. The number of hydrogen-bond acceptors (Lipinski definition) is 5. The van der Waals surface area contributed by atoms with Crippen molar-refractivity contribution in [2.75, 3.05) is 30.8 Å². The van der Waals surface area contributed by atoms with E-state index < -0.39 is 0 Å². The van der Waals surface area contributed by atoms with Gasteiger partial charge in [-0.05, 0) is 69.0 Å². The third kappa shape index (κ3) is 5.16. The number of para-hydroxylation sites is 1. The SMILES string of the molecule is Cc1ccc(NC(=O)CN(C)CC(=O)Nc2c(C#N)c3c(n2-c2ccccc2)CCCC3)nc1. The van der Waals surface area contributed by atoms with E-state index in [9.17, 15) is 14.9 Å². The minimum Gasteiger partial charge on any atom is -0.310 e. The van der Waals surface area contributed by atoms with Gasteiger partial charge in [0.25, 0.3) is 0 Å². The monoisotopic (exact) mass is 456 g/mol. The van der Waals surface area contributed by atoms with E-state index in [1.165, 1.54) is 0 Å². The van der Waals surface area contributed by atoms with Crippen LogP contribution in [0.5, 0.6) is 0 Å². The van der Waals surface area contributed by atoms with Crippen LogP contribution in [0.3, 0.4) is 0 Å². The van der Waals surface area contributed by atoms with Crippen LogP contribution in [-0.2, 0) is 22.4 Å². The molecule has 2 aromatic heterocycles. The number of amides is 2. The second-order valence-corrected chi connectivity index (χ2v) is 8.63. The van der Waals surface area contributed by atoms with Crippen molar-refractivity contribution in [3.63, 3.8) is 0 Å². The lowest BCUT2D eigenvalue weighted by molar-refractivity contribution is -0.119. The Bertz CT molecular complexity index is 1220. The van der Waals surface area contributed by atoms with Gasteiger partial charge >= 0.3 is 0 Å². The maximum atomic E-state index is 12.9. The molecule has 174 valence electrons. The second kappa shape index (κ2) is 10.3. The summed E-state index contributed by atoms with van der Waals surface area (Å²) in [6.07, 6.45) is 5.45. The Morgan fingerprint density at radius 1 is 1.06 bits per heavy atom. The first-order valence-corrected chi connectivity index (χ1v) is 11.4. The van der Waals surface area contributed by atoms with Crippen LogP contribution in [-0.4, -0.2) is 46.4 Å². The Kier molecular flexibility index (Phi) is 7.04. The van der Waals surface area contributed by atoms with E-state index in [0.717, 1.165) is 48.2 Å². The van der Waals surface area contributed by atoms with Crippen molar-refractivity contribution in [2.24, 2.45) is 0 Å². The number of rotatable bonds is 7. The number of nitrogens with one attached hydrogen (secondary N) is 2. The van der Waals surface area contributed by atoms with Crippen LogP contribution in [0.25, 0.3) is 5.69 Å². The predicted molar refractivity (Wildman–Crippen MR) is 131 cm³/mol. The zero-order valence-electron chi connectivity index (χ0n) is 19.5. The van der Waals surface area contributed by atoms with Crippen LogP contribution < -0.4 is 10.6 Å². The minimum absolute atomic E-state index is 0.00422. The third-order valence-corrected chi connectivity index (χ3v) is 5.86. The molecule has 1 aliphatic rings. The molecule has 2 heterocycles. The van der Waals surface area contributed by atoms with Gasteiger partial charge < -0.3 is 10.6 Å². The molecule has 2 amide bonds. The summed E-state index contributed by atoms with van der Waals surface area (Å²) < 4.78 is 2.00. The number of carbonyl (C=O) groups is 2. The topological polar surface area (TPSA) is 103 Å². The molecule has 0 aliphatic heterocycles. The molecule has 0 saturated heterocycles. The first-order chi connectivity index (χ1) is 16.5. The van der Waals surface area contributed by atoms with E-state index in [1.807, 2.05) is 47.9 Å². The third-order valence-electron chi connectivity index (χ3n) is 5.86. The van der Waals surface area contributed by atoms with Gasteiger partial charge in [-0.3, -0.25) is 19.1 Å². The first kappa shape index (κ1) is 23.2. The number of aromatic nitrogens is 2. The molecule has 0 bridgehead atoms. The molecule has 0 fully saturated rings. The molecule has 0 saturated carbocycles. The number of nitrogens with zero attached hydrogens (tertiary/aromatic N) is 4. The fourth-order valence-electron chi connectivity index (χ4n) is 4.34.